The van der Waals surface area contributed by atoms with E-state index in [0.29, 0.717) is 11.2 Å². The fourth-order valence-electron chi connectivity index (χ4n) is 2.93. The van der Waals surface area contributed by atoms with Crippen molar-refractivity contribution in [1.29, 1.82) is 0 Å². The maximum Gasteiger partial charge on any atom is 0.0187 e. The van der Waals surface area contributed by atoms with Gasteiger partial charge in [-0.3, -0.25) is 0 Å². The van der Waals surface area contributed by atoms with Crippen LogP contribution in [0.2, 0.25) is 0 Å². The molecule has 0 amide bonds. The number of halogens is 1. The van der Waals surface area contributed by atoms with Crippen LogP contribution in [0.15, 0.2) is 65.6 Å². The van der Waals surface area contributed by atoms with E-state index in [1.54, 1.807) is 0 Å². The van der Waals surface area contributed by atoms with Crippen molar-refractivity contribution < 1.29 is 0 Å². The van der Waals surface area contributed by atoms with Gasteiger partial charge >= 0.3 is 0 Å². The molecular formula is C18H22ClNS. The lowest BCUT2D eigenvalue weighted by Crippen LogP contribution is -2.38. The lowest BCUT2D eigenvalue weighted by molar-refractivity contribution is 0.256. The highest BCUT2D eigenvalue weighted by atomic mass is 35.5. The summed E-state index contributed by atoms with van der Waals surface area (Å²) in [5, 5.41) is 0.677. The second-order valence-corrected chi connectivity index (χ2v) is 6.85. The van der Waals surface area contributed by atoms with Gasteiger partial charge in [0.25, 0.3) is 0 Å². The Bertz CT molecular complexity index is 531. The van der Waals surface area contributed by atoms with Crippen molar-refractivity contribution in [2.45, 2.75) is 22.5 Å². The van der Waals surface area contributed by atoms with E-state index in [1.165, 1.54) is 23.4 Å². The molecule has 1 aliphatic rings. The van der Waals surface area contributed by atoms with Crippen molar-refractivity contribution in [3.8, 4) is 0 Å². The van der Waals surface area contributed by atoms with E-state index >= 15 is 0 Å². The van der Waals surface area contributed by atoms with Gasteiger partial charge in [0.1, 0.15) is 0 Å². The largest absolute Gasteiger partial charge is 0.306 e. The smallest absolute Gasteiger partial charge is 0.0187 e. The molecule has 1 saturated heterocycles. The van der Waals surface area contributed by atoms with E-state index in [-0.39, 0.29) is 12.4 Å². The van der Waals surface area contributed by atoms with Gasteiger partial charge in [-0.1, -0.05) is 48.5 Å². The maximum absolute atomic E-state index is 2.46. The van der Waals surface area contributed by atoms with Crippen molar-refractivity contribution in [2.24, 2.45) is 0 Å². The van der Waals surface area contributed by atoms with E-state index in [0.717, 1.165) is 6.54 Å². The van der Waals surface area contributed by atoms with Crippen LogP contribution in [0.25, 0.3) is 0 Å². The molecule has 1 aliphatic heterocycles. The highest BCUT2D eigenvalue weighted by Gasteiger charge is 2.29. The fourth-order valence-corrected chi connectivity index (χ4v) is 4.22. The number of hydrogen-bond acceptors (Lipinski definition) is 2. The van der Waals surface area contributed by atoms with E-state index in [4.69, 9.17) is 0 Å². The third-order valence-corrected chi connectivity index (χ3v) is 5.42. The monoisotopic (exact) mass is 319 g/mol. The predicted molar refractivity (Wildman–Crippen MR) is 94.6 cm³/mol. The highest BCUT2D eigenvalue weighted by Crippen LogP contribution is 2.38. The molecule has 0 radical (unpaired) electrons. The van der Waals surface area contributed by atoms with Gasteiger partial charge in [0.15, 0.2) is 0 Å². The Morgan fingerprint density at radius 1 is 0.952 bits per heavy atom. The molecule has 0 bridgehead atoms. The van der Waals surface area contributed by atoms with Gasteiger partial charge in [-0.2, -0.15) is 0 Å². The first-order valence-corrected chi connectivity index (χ1v) is 8.16. The van der Waals surface area contributed by atoms with Gasteiger partial charge < -0.3 is 4.90 Å². The number of rotatable bonds is 3. The molecule has 112 valence electrons. The second-order valence-electron chi connectivity index (χ2n) is 5.54. The summed E-state index contributed by atoms with van der Waals surface area (Å²) in [5.41, 5.74) is 1.48. The molecule has 2 atom stereocenters. The third kappa shape index (κ3) is 4.26. The number of benzene rings is 2. The Morgan fingerprint density at radius 3 is 2.24 bits per heavy atom. The van der Waals surface area contributed by atoms with Crippen LogP contribution in [-0.2, 0) is 0 Å². The first kappa shape index (κ1) is 16.4. The van der Waals surface area contributed by atoms with Gasteiger partial charge in [-0.15, -0.1) is 24.2 Å². The number of nitrogens with zero attached hydrogens (tertiary/aromatic N) is 1. The zero-order valence-electron chi connectivity index (χ0n) is 12.3. The van der Waals surface area contributed by atoms with Crippen molar-refractivity contribution in [2.75, 3.05) is 20.1 Å². The van der Waals surface area contributed by atoms with Gasteiger partial charge in [0, 0.05) is 22.6 Å². The van der Waals surface area contributed by atoms with E-state index in [1.807, 2.05) is 11.8 Å². The zero-order valence-corrected chi connectivity index (χ0v) is 13.9. The van der Waals surface area contributed by atoms with Crippen LogP contribution in [0.5, 0.6) is 0 Å². The minimum absolute atomic E-state index is 0. The summed E-state index contributed by atoms with van der Waals surface area (Å²) in [4.78, 5) is 3.85. The average molecular weight is 320 g/mol. The molecule has 3 heteroatoms. The molecular weight excluding hydrogens is 298 g/mol. The standard InChI is InChI=1S/C18H21NS.ClH/c1-19-13-12-18(20-16-10-6-3-7-11-16)17(14-19)15-8-4-2-5-9-15;/h2-11,17-18H,12-14H2,1H3;1H. The summed E-state index contributed by atoms with van der Waals surface area (Å²) in [6.07, 6.45) is 1.26. The van der Waals surface area contributed by atoms with Gasteiger partial charge in [0.2, 0.25) is 0 Å². The zero-order chi connectivity index (χ0) is 13.8. The number of likely N-dealkylation sites (tertiary alicyclic amines) is 1. The molecule has 1 fully saturated rings. The van der Waals surface area contributed by atoms with Crippen molar-refractivity contribution in [1.82, 2.24) is 4.90 Å². The molecule has 21 heavy (non-hydrogen) atoms. The Balaban J connectivity index is 0.00000161. The van der Waals surface area contributed by atoms with Crippen molar-refractivity contribution >= 4 is 24.2 Å². The van der Waals surface area contributed by atoms with Crippen LogP contribution >= 0.6 is 24.2 Å². The Labute approximate surface area is 138 Å². The number of hydrogen-bond donors (Lipinski definition) is 0. The first-order valence-electron chi connectivity index (χ1n) is 7.28. The van der Waals surface area contributed by atoms with Gasteiger partial charge in [-0.25, -0.2) is 0 Å². The van der Waals surface area contributed by atoms with Gasteiger partial charge in [-0.05, 0) is 37.7 Å². The molecule has 0 saturated carbocycles. The summed E-state index contributed by atoms with van der Waals surface area (Å²) < 4.78 is 0. The van der Waals surface area contributed by atoms with Crippen molar-refractivity contribution in [3.05, 3.63) is 66.2 Å². The Kier molecular flexibility index (Phi) is 6.16. The highest BCUT2D eigenvalue weighted by molar-refractivity contribution is 8.00. The molecule has 2 aromatic carbocycles. The van der Waals surface area contributed by atoms with Crippen LogP contribution in [-0.4, -0.2) is 30.3 Å². The first-order chi connectivity index (χ1) is 9.83. The van der Waals surface area contributed by atoms with Gasteiger partial charge in [0.05, 0.1) is 0 Å². The lowest BCUT2D eigenvalue weighted by atomic mass is 9.90. The Morgan fingerprint density at radius 2 is 1.57 bits per heavy atom. The van der Waals surface area contributed by atoms with Crippen LogP contribution in [0.4, 0.5) is 0 Å². The van der Waals surface area contributed by atoms with Crippen LogP contribution in [0.3, 0.4) is 0 Å². The summed E-state index contributed by atoms with van der Waals surface area (Å²) in [7, 11) is 2.24. The minimum atomic E-state index is 0. The van der Waals surface area contributed by atoms with E-state index in [2.05, 4.69) is 72.6 Å². The van der Waals surface area contributed by atoms with Crippen molar-refractivity contribution in [3.63, 3.8) is 0 Å². The van der Waals surface area contributed by atoms with Crippen LogP contribution in [0, 0.1) is 0 Å². The molecule has 2 unspecified atom stereocenters. The summed E-state index contributed by atoms with van der Waals surface area (Å²) in [6.45, 7) is 2.36. The lowest BCUT2D eigenvalue weighted by Gasteiger charge is -2.36. The summed E-state index contributed by atoms with van der Waals surface area (Å²) in [5.74, 6) is 0.625. The molecule has 3 rings (SSSR count). The molecule has 0 spiro atoms. The number of piperidine rings is 1. The van der Waals surface area contributed by atoms with E-state index in [9.17, 15) is 0 Å². The van der Waals surface area contributed by atoms with Crippen LogP contribution < -0.4 is 0 Å². The molecule has 0 aliphatic carbocycles. The quantitative estimate of drug-likeness (QED) is 0.807. The van der Waals surface area contributed by atoms with E-state index < -0.39 is 0 Å². The summed E-state index contributed by atoms with van der Waals surface area (Å²) >= 11 is 2.04. The maximum atomic E-state index is 2.46. The summed E-state index contributed by atoms with van der Waals surface area (Å²) in [6, 6.07) is 21.8. The number of likely N-dealkylation sites (N-methyl/N-ethyl adjacent to an activating group) is 1. The number of thioether (sulfide) groups is 1. The SMILES string of the molecule is CN1CCC(Sc2ccccc2)C(c2ccccc2)C1.Cl. The third-order valence-electron chi connectivity index (χ3n) is 4.01. The minimum Gasteiger partial charge on any atom is -0.306 e. The average Bonchev–Trinajstić information content (AvgIpc) is 2.51. The molecule has 0 aromatic heterocycles. The fraction of sp³-hybridized carbons (Fsp3) is 0.333. The molecule has 1 nitrogen and oxygen atoms in total. The molecule has 1 heterocycles. The Hall–Kier alpha value is -0.960. The topological polar surface area (TPSA) is 3.24 Å². The molecule has 0 N–H and O–H groups in total. The normalized spacial score (nSPS) is 22.5. The molecule has 2 aromatic rings. The second kappa shape index (κ2) is 7.88. The predicted octanol–water partition coefficient (Wildman–Crippen LogP) is 4.69. The van der Waals surface area contributed by atoms with Crippen LogP contribution in [0.1, 0.15) is 17.9 Å².